The van der Waals surface area contributed by atoms with Crippen LogP contribution < -0.4 is 10.1 Å². The largest absolute Gasteiger partial charge is 0.481 e. The maximum absolute atomic E-state index is 12.8. The molecule has 2 heterocycles. The molecule has 0 bridgehead atoms. The number of hydrogen-bond acceptors (Lipinski definition) is 5. The standard InChI is InChI=1S/C25H30N4O3/c1-16-20(13-17-7-9-18(10-8-17)21-11-12-29(2)28-21)14-22(27-25(16)32-3)24(31)26-15-19-5-4-6-23(19)30/h7-12,14,19,23,30H,4-6,13,15H2,1-3H3,(H,26,31)/t19?,23-/m0/s1. The topological polar surface area (TPSA) is 89.3 Å². The van der Waals surface area contributed by atoms with E-state index in [2.05, 4.69) is 39.7 Å². The molecule has 1 amide bonds. The third-order valence-electron chi connectivity index (χ3n) is 6.26. The fraction of sp³-hybridized carbons (Fsp3) is 0.400. The summed E-state index contributed by atoms with van der Waals surface area (Å²) < 4.78 is 7.23. The Kier molecular flexibility index (Phi) is 6.55. The summed E-state index contributed by atoms with van der Waals surface area (Å²) in [4.78, 5) is 17.2. The van der Waals surface area contributed by atoms with E-state index in [1.165, 1.54) is 0 Å². The number of amides is 1. The minimum atomic E-state index is -0.333. The van der Waals surface area contributed by atoms with Gasteiger partial charge >= 0.3 is 0 Å². The van der Waals surface area contributed by atoms with Gasteiger partial charge in [-0.1, -0.05) is 30.7 Å². The van der Waals surface area contributed by atoms with Gasteiger partial charge in [0.15, 0.2) is 0 Å². The number of aliphatic hydroxyl groups is 1. The molecule has 0 radical (unpaired) electrons. The number of carbonyl (C=O) groups is 1. The normalized spacial score (nSPS) is 18.0. The highest BCUT2D eigenvalue weighted by atomic mass is 16.5. The molecule has 32 heavy (non-hydrogen) atoms. The predicted octanol–water partition coefficient (Wildman–Crippen LogP) is 3.28. The Balaban J connectivity index is 1.51. The van der Waals surface area contributed by atoms with Crippen LogP contribution in [-0.4, -0.2) is 45.5 Å². The van der Waals surface area contributed by atoms with Crippen molar-refractivity contribution in [3.8, 4) is 17.1 Å². The van der Waals surface area contributed by atoms with Crippen LogP contribution in [0.1, 0.15) is 46.4 Å². The predicted molar refractivity (Wildman–Crippen MR) is 123 cm³/mol. The van der Waals surface area contributed by atoms with Crippen LogP contribution in [0.5, 0.6) is 5.88 Å². The van der Waals surface area contributed by atoms with Gasteiger partial charge in [-0.05, 0) is 49.4 Å². The number of pyridine rings is 1. The Hall–Kier alpha value is -3.19. The number of carbonyl (C=O) groups excluding carboxylic acids is 1. The molecule has 1 saturated carbocycles. The Morgan fingerprint density at radius 3 is 2.66 bits per heavy atom. The summed E-state index contributed by atoms with van der Waals surface area (Å²) in [7, 11) is 3.47. The van der Waals surface area contributed by atoms with E-state index in [1.807, 2.05) is 32.3 Å². The van der Waals surface area contributed by atoms with Gasteiger partial charge < -0.3 is 15.2 Å². The molecule has 7 nitrogen and oxygen atoms in total. The van der Waals surface area contributed by atoms with Crippen molar-refractivity contribution in [1.82, 2.24) is 20.1 Å². The lowest BCUT2D eigenvalue weighted by molar-refractivity contribution is 0.0911. The van der Waals surface area contributed by atoms with E-state index in [0.29, 0.717) is 24.5 Å². The number of rotatable bonds is 7. The third kappa shape index (κ3) is 4.83. The molecule has 0 spiro atoms. The molecule has 7 heteroatoms. The number of benzene rings is 1. The van der Waals surface area contributed by atoms with Crippen molar-refractivity contribution in [3.63, 3.8) is 0 Å². The zero-order valence-corrected chi connectivity index (χ0v) is 18.8. The van der Waals surface area contributed by atoms with Crippen molar-refractivity contribution in [3.05, 3.63) is 65.0 Å². The summed E-state index contributed by atoms with van der Waals surface area (Å²) in [5, 5.41) is 17.4. The molecule has 2 atom stereocenters. The average molecular weight is 435 g/mol. The molecule has 2 N–H and O–H groups in total. The lowest BCUT2D eigenvalue weighted by Crippen LogP contribution is -2.33. The van der Waals surface area contributed by atoms with Gasteiger partial charge in [-0.25, -0.2) is 4.98 Å². The van der Waals surface area contributed by atoms with Gasteiger partial charge in [0.05, 0.1) is 18.9 Å². The second-order valence-corrected chi connectivity index (χ2v) is 8.52. The number of methoxy groups -OCH3 is 1. The Bertz CT molecular complexity index is 1090. The first-order valence-corrected chi connectivity index (χ1v) is 11.0. The maximum atomic E-state index is 12.8. The van der Waals surface area contributed by atoms with E-state index in [1.54, 1.807) is 11.8 Å². The number of ether oxygens (including phenoxy) is 1. The van der Waals surface area contributed by atoms with E-state index >= 15 is 0 Å². The number of nitrogens with zero attached hydrogens (tertiary/aromatic N) is 3. The van der Waals surface area contributed by atoms with Crippen LogP contribution in [0.3, 0.4) is 0 Å². The van der Waals surface area contributed by atoms with Gasteiger partial charge in [-0.3, -0.25) is 9.48 Å². The van der Waals surface area contributed by atoms with Gasteiger partial charge in [0.1, 0.15) is 5.69 Å². The van der Waals surface area contributed by atoms with Crippen molar-refractivity contribution in [2.45, 2.75) is 38.7 Å². The van der Waals surface area contributed by atoms with E-state index in [-0.39, 0.29) is 17.9 Å². The smallest absolute Gasteiger partial charge is 0.270 e. The summed E-state index contributed by atoms with van der Waals surface area (Å²) in [5.41, 5.74) is 5.37. The molecule has 3 aromatic rings. The molecule has 0 aliphatic heterocycles. The molecule has 1 aromatic carbocycles. The van der Waals surface area contributed by atoms with Crippen LogP contribution in [-0.2, 0) is 13.5 Å². The van der Waals surface area contributed by atoms with Gasteiger partial charge in [0, 0.05) is 36.8 Å². The molecular weight excluding hydrogens is 404 g/mol. The molecule has 1 unspecified atom stereocenters. The van der Waals surface area contributed by atoms with Gasteiger partial charge in [-0.2, -0.15) is 5.10 Å². The second-order valence-electron chi connectivity index (χ2n) is 8.52. The van der Waals surface area contributed by atoms with Crippen LogP contribution in [0.4, 0.5) is 0 Å². The molecule has 1 aliphatic rings. The minimum absolute atomic E-state index is 0.114. The van der Waals surface area contributed by atoms with Crippen LogP contribution in [0, 0.1) is 12.8 Å². The maximum Gasteiger partial charge on any atom is 0.270 e. The summed E-state index contributed by atoms with van der Waals surface area (Å²) in [6.45, 7) is 2.42. The van der Waals surface area contributed by atoms with Gasteiger partial charge in [0.2, 0.25) is 5.88 Å². The summed E-state index contributed by atoms with van der Waals surface area (Å²) in [6, 6.07) is 12.1. The fourth-order valence-corrected chi connectivity index (χ4v) is 4.29. The van der Waals surface area contributed by atoms with Crippen LogP contribution in [0.15, 0.2) is 42.6 Å². The Morgan fingerprint density at radius 1 is 1.25 bits per heavy atom. The van der Waals surface area contributed by atoms with Crippen molar-refractivity contribution < 1.29 is 14.6 Å². The van der Waals surface area contributed by atoms with Gasteiger partial charge in [0.25, 0.3) is 5.91 Å². The van der Waals surface area contributed by atoms with Crippen molar-refractivity contribution in [2.24, 2.45) is 13.0 Å². The van der Waals surface area contributed by atoms with Crippen LogP contribution in [0.25, 0.3) is 11.3 Å². The number of aromatic nitrogens is 3. The summed E-state index contributed by atoms with van der Waals surface area (Å²) >= 11 is 0. The molecule has 1 aliphatic carbocycles. The quantitative estimate of drug-likeness (QED) is 0.596. The first-order valence-electron chi connectivity index (χ1n) is 11.0. The molecule has 1 fully saturated rings. The highest BCUT2D eigenvalue weighted by Crippen LogP contribution is 2.26. The van der Waals surface area contributed by atoms with E-state index < -0.39 is 0 Å². The van der Waals surface area contributed by atoms with Gasteiger partial charge in [-0.15, -0.1) is 0 Å². The van der Waals surface area contributed by atoms with E-state index in [0.717, 1.165) is 47.2 Å². The third-order valence-corrected chi connectivity index (χ3v) is 6.26. The van der Waals surface area contributed by atoms with Crippen molar-refractivity contribution in [2.75, 3.05) is 13.7 Å². The average Bonchev–Trinajstić information content (AvgIpc) is 3.41. The molecule has 4 rings (SSSR count). The van der Waals surface area contributed by atoms with Crippen LogP contribution >= 0.6 is 0 Å². The zero-order valence-electron chi connectivity index (χ0n) is 18.8. The summed E-state index contributed by atoms with van der Waals surface area (Å²) in [5.74, 6) is 0.330. The lowest BCUT2D eigenvalue weighted by atomic mass is 9.99. The SMILES string of the molecule is COc1nc(C(=O)NCC2CCC[C@@H]2O)cc(Cc2ccc(-c3ccn(C)n3)cc2)c1C. The molecule has 2 aromatic heterocycles. The zero-order chi connectivity index (χ0) is 22.7. The first-order chi connectivity index (χ1) is 15.4. The van der Waals surface area contributed by atoms with Crippen molar-refractivity contribution in [1.29, 1.82) is 0 Å². The number of hydrogen-bond donors (Lipinski definition) is 2. The van der Waals surface area contributed by atoms with E-state index in [4.69, 9.17) is 4.74 Å². The molecule has 168 valence electrons. The second kappa shape index (κ2) is 9.53. The Morgan fingerprint density at radius 2 is 2.03 bits per heavy atom. The first kappa shape index (κ1) is 22.0. The Labute approximate surface area is 188 Å². The number of aliphatic hydroxyl groups excluding tert-OH is 1. The molecule has 0 saturated heterocycles. The highest BCUT2D eigenvalue weighted by Gasteiger charge is 2.26. The lowest BCUT2D eigenvalue weighted by Gasteiger charge is -2.16. The monoisotopic (exact) mass is 434 g/mol. The fourth-order valence-electron chi connectivity index (χ4n) is 4.29. The summed E-state index contributed by atoms with van der Waals surface area (Å²) in [6.07, 6.45) is 5.00. The molecular formula is C25H30N4O3. The van der Waals surface area contributed by atoms with Crippen LogP contribution in [0.2, 0.25) is 0 Å². The van der Waals surface area contributed by atoms with Crippen molar-refractivity contribution >= 4 is 5.91 Å². The highest BCUT2D eigenvalue weighted by molar-refractivity contribution is 5.92. The van der Waals surface area contributed by atoms with E-state index in [9.17, 15) is 9.90 Å². The minimum Gasteiger partial charge on any atom is -0.481 e. The number of nitrogens with one attached hydrogen (secondary N) is 1. The number of aryl methyl sites for hydroxylation is 1.